The molecule has 2 N–H and O–H groups in total. The van der Waals surface area contributed by atoms with Gasteiger partial charge in [0.15, 0.2) is 0 Å². The van der Waals surface area contributed by atoms with Crippen LogP contribution in [0, 0.1) is 0 Å². The summed E-state index contributed by atoms with van der Waals surface area (Å²) in [7, 11) is 0. The van der Waals surface area contributed by atoms with Crippen molar-refractivity contribution in [3.05, 3.63) is 0 Å². The summed E-state index contributed by atoms with van der Waals surface area (Å²) < 4.78 is 0. The molecule has 1 amide bonds. The van der Waals surface area contributed by atoms with E-state index in [1.54, 1.807) is 0 Å². The quantitative estimate of drug-likeness (QED) is 0.798. The van der Waals surface area contributed by atoms with Crippen LogP contribution in [0.15, 0.2) is 0 Å². The first kappa shape index (κ1) is 13.8. The molecule has 0 unspecified atom stereocenters. The van der Waals surface area contributed by atoms with Crippen LogP contribution in [0.2, 0.25) is 0 Å². The number of piperidine rings is 1. The van der Waals surface area contributed by atoms with Crippen LogP contribution in [0.25, 0.3) is 0 Å². The van der Waals surface area contributed by atoms with Gasteiger partial charge in [0.1, 0.15) is 0 Å². The number of carbonyl (C=O) groups is 1. The minimum atomic E-state index is -0.531. The Morgan fingerprint density at radius 1 is 1.28 bits per heavy atom. The van der Waals surface area contributed by atoms with Crippen molar-refractivity contribution >= 4 is 5.91 Å². The SMILES string of the molecule is CC1(O)CCN(CC(=O)NC2CCCCC2)CC1. The molecule has 2 fully saturated rings. The Labute approximate surface area is 110 Å². The molecule has 2 aliphatic rings. The number of hydrogen-bond donors (Lipinski definition) is 2. The van der Waals surface area contributed by atoms with E-state index >= 15 is 0 Å². The summed E-state index contributed by atoms with van der Waals surface area (Å²) in [6.07, 6.45) is 7.62. The minimum Gasteiger partial charge on any atom is -0.390 e. The number of nitrogens with zero attached hydrogens (tertiary/aromatic N) is 1. The fourth-order valence-corrected chi connectivity index (χ4v) is 2.92. The van der Waals surface area contributed by atoms with E-state index in [1.165, 1.54) is 19.3 Å². The molecule has 1 saturated carbocycles. The highest BCUT2D eigenvalue weighted by Crippen LogP contribution is 2.21. The highest BCUT2D eigenvalue weighted by Gasteiger charge is 2.28. The lowest BCUT2D eigenvalue weighted by Gasteiger charge is -2.35. The Hall–Kier alpha value is -0.610. The normalized spacial score (nSPS) is 25.9. The van der Waals surface area contributed by atoms with E-state index in [2.05, 4.69) is 10.2 Å². The van der Waals surface area contributed by atoms with E-state index in [1.807, 2.05) is 6.92 Å². The van der Waals surface area contributed by atoms with Crippen molar-refractivity contribution in [2.24, 2.45) is 0 Å². The number of aliphatic hydroxyl groups is 1. The predicted molar refractivity (Wildman–Crippen MR) is 71.3 cm³/mol. The molecular formula is C14H26N2O2. The second kappa shape index (κ2) is 6.02. The van der Waals surface area contributed by atoms with Gasteiger partial charge in [0.05, 0.1) is 12.1 Å². The zero-order valence-electron chi connectivity index (χ0n) is 11.5. The smallest absolute Gasteiger partial charge is 0.234 e. The van der Waals surface area contributed by atoms with Crippen LogP contribution in [0.4, 0.5) is 0 Å². The fraction of sp³-hybridized carbons (Fsp3) is 0.929. The molecule has 1 aliphatic carbocycles. The molecule has 1 saturated heterocycles. The van der Waals surface area contributed by atoms with E-state index in [0.29, 0.717) is 12.6 Å². The van der Waals surface area contributed by atoms with Gasteiger partial charge in [0.2, 0.25) is 5.91 Å². The van der Waals surface area contributed by atoms with Crippen LogP contribution in [-0.2, 0) is 4.79 Å². The first-order valence-electron chi connectivity index (χ1n) is 7.29. The van der Waals surface area contributed by atoms with Crippen LogP contribution >= 0.6 is 0 Å². The van der Waals surface area contributed by atoms with E-state index < -0.39 is 5.60 Å². The molecule has 4 nitrogen and oxygen atoms in total. The summed E-state index contributed by atoms with van der Waals surface area (Å²) in [6.45, 7) is 4.02. The molecule has 1 heterocycles. The number of amides is 1. The lowest BCUT2D eigenvalue weighted by molar-refractivity contribution is -0.124. The first-order valence-corrected chi connectivity index (χ1v) is 7.29. The van der Waals surface area contributed by atoms with Gasteiger partial charge in [-0.25, -0.2) is 0 Å². The van der Waals surface area contributed by atoms with E-state index in [-0.39, 0.29) is 5.91 Å². The number of likely N-dealkylation sites (tertiary alicyclic amines) is 1. The van der Waals surface area contributed by atoms with Crippen LogP contribution < -0.4 is 5.32 Å². The molecule has 0 bridgehead atoms. The van der Waals surface area contributed by atoms with Crippen LogP contribution in [0.5, 0.6) is 0 Å². The summed E-state index contributed by atoms with van der Waals surface area (Å²) in [6, 6.07) is 0.402. The minimum absolute atomic E-state index is 0.156. The largest absolute Gasteiger partial charge is 0.390 e. The van der Waals surface area contributed by atoms with Crippen molar-refractivity contribution in [3.63, 3.8) is 0 Å². The van der Waals surface area contributed by atoms with Gasteiger partial charge in [-0.2, -0.15) is 0 Å². The maximum absolute atomic E-state index is 11.9. The van der Waals surface area contributed by atoms with Gasteiger partial charge in [-0.15, -0.1) is 0 Å². The summed E-state index contributed by atoms with van der Waals surface area (Å²) in [5, 5.41) is 13.0. The second-order valence-corrected chi connectivity index (χ2v) is 6.18. The Morgan fingerprint density at radius 2 is 1.89 bits per heavy atom. The molecule has 0 aromatic carbocycles. The standard InChI is InChI=1S/C14H26N2O2/c1-14(18)7-9-16(10-8-14)11-13(17)15-12-5-3-2-4-6-12/h12,18H,2-11H2,1H3,(H,15,17). The first-order chi connectivity index (χ1) is 8.55. The lowest BCUT2D eigenvalue weighted by atomic mass is 9.94. The molecule has 2 rings (SSSR count). The van der Waals surface area contributed by atoms with Crippen molar-refractivity contribution < 1.29 is 9.90 Å². The maximum Gasteiger partial charge on any atom is 0.234 e. The van der Waals surface area contributed by atoms with Gasteiger partial charge in [-0.05, 0) is 32.6 Å². The van der Waals surface area contributed by atoms with Crippen LogP contribution in [-0.4, -0.2) is 47.2 Å². The fourth-order valence-electron chi connectivity index (χ4n) is 2.92. The molecule has 0 spiro atoms. The number of rotatable bonds is 3. The zero-order chi connectivity index (χ0) is 13.0. The van der Waals surface area contributed by atoms with Gasteiger partial charge in [0.25, 0.3) is 0 Å². The lowest BCUT2D eigenvalue weighted by Crippen LogP contribution is -2.48. The molecule has 104 valence electrons. The third-order valence-corrected chi connectivity index (χ3v) is 4.27. The Morgan fingerprint density at radius 3 is 2.50 bits per heavy atom. The molecule has 18 heavy (non-hydrogen) atoms. The van der Waals surface area contributed by atoms with Gasteiger partial charge in [-0.1, -0.05) is 19.3 Å². The predicted octanol–water partition coefficient (Wildman–Crippen LogP) is 1.28. The Balaban J connectivity index is 1.68. The monoisotopic (exact) mass is 254 g/mol. The second-order valence-electron chi connectivity index (χ2n) is 6.18. The maximum atomic E-state index is 11.9. The van der Waals surface area contributed by atoms with E-state index in [4.69, 9.17) is 0 Å². The van der Waals surface area contributed by atoms with Crippen molar-refractivity contribution in [1.82, 2.24) is 10.2 Å². The zero-order valence-corrected chi connectivity index (χ0v) is 11.5. The van der Waals surface area contributed by atoms with Gasteiger partial charge in [0, 0.05) is 19.1 Å². The van der Waals surface area contributed by atoms with Crippen molar-refractivity contribution in [1.29, 1.82) is 0 Å². The number of hydrogen-bond acceptors (Lipinski definition) is 3. The summed E-state index contributed by atoms with van der Waals surface area (Å²) >= 11 is 0. The average Bonchev–Trinajstić information content (AvgIpc) is 2.33. The summed E-state index contributed by atoms with van der Waals surface area (Å²) in [4.78, 5) is 14.1. The third kappa shape index (κ3) is 4.25. The topological polar surface area (TPSA) is 52.6 Å². The van der Waals surface area contributed by atoms with Crippen molar-refractivity contribution in [2.75, 3.05) is 19.6 Å². The number of carbonyl (C=O) groups excluding carboxylic acids is 1. The van der Waals surface area contributed by atoms with Gasteiger partial charge < -0.3 is 10.4 Å². The van der Waals surface area contributed by atoms with Crippen molar-refractivity contribution in [2.45, 2.75) is 63.5 Å². The van der Waals surface area contributed by atoms with Gasteiger partial charge in [-0.3, -0.25) is 9.69 Å². The highest BCUT2D eigenvalue weighted by molar-refractivity contribution is 5.78. The van der Waals surface area contributed by atoms with Crippen molar-refractivity contribution in [3.8, 4) is 0 Å². The molecule has 0 radical (unpaired) electrons. The highest BCUT2D eigenvalue weighted by atomic mass is 16.3. The van der Waals surface area contributed by atoms with E-state index in [0.717, 1.165) is 38.8 Å². The molecule has 0 aromatic heterocycles. The summed E-state index contributed by atoms with van der Waals surface area (Å²) in [5.41, 5.74) is -0.531. The molecule has 1 aliphatic heterocycles. The molecule has 4 heteroatoms. The average molecular weight is 254 g/mol. The molecule has 0 atom stereocenters. The van der Waals surface area contributed by atoms with Crippen LogP contribution in [0.3, 0.4) is 0 Å². The third-order valence-electron chi connectivity index (χ3n) is 4.27. The molecule has 0 aromatic rings. The molecular weight excluding hydrogens is 228 g/mol. The Bertz CT molecular complexity index is 276. The van der Waals surface area contributed by atoms with Crippen LogP contribution in [0.1, 0.15) is 51.9 Å². The van der Waals surface area contributed by atoms with E-state index in [9.17, 15) is 9.90 Å². The number of nitrogens with one attached hydrogen (secondary N) is 1. The van der Waals surface area contributed by atoms with Gasteiger partial charge >= 0.3 is 0 Å². The Kier molecular flexibility index (Phi) is 4.62. The summed E-state index contributed by atoms with van der Waals surface area (Å²) in [5.74, 6) is 0.156.